The zero-order valence-electron chi connectivity index (χ0n) is 8.78. The Hall–Kier alpha value is -1.23. The van der Waals surface area contributed by atoms with Gasteiger partial charge in [-0.3, -0.25) is 9.59 Å². The van der Waals surface area contributed by atoms with Gasteiger partial charge in [-0.05, 0) is 13.8 Å². The number of carbonyl (C=O) groups is 2. The lowest BCUT2D eigenvalue weighted by Crippen LogP contribution is -2.11. The fourth-order valence-corrected chi connectivity index (χ4v) is 1.69. The van der Waals surface area contributed by atoms with E-state index in [-0.39, 0.29) is 18.8 Å². The molecule has 0 bridgehead atoms. The number of Topliss-reactive ketones (excluding diaryl/α,β-unsaturated/α-hetero) is 1. The van der Waals surface area contributed by atoms with Crippen LogP contribution in [0.4, 0.5) is 0 Å². The molecule has 4 nitrogen and oxygen atoms in total. The van der Waals surface area contributed by atoms with E-state index in [0.717, 1.165) is 10.7 Å². The zero-order chi connectivity index (χ0) is 11.3. The molecule has 0 unspecified atom stereocenters. The van der Waals surface area contributed by atoms with Gasteiger partial charge in [0.2, 0.25) is 0 Å². The molecule has 0 atom stereocenters. The smallest absolute Gasteiger partial charge is 0.313 e. The molecule has 82 valence electrons. The lowest BCUT2D eigenvalue weighted by atomic mass is 10.3. The summed E-state index contributed by atoms with van der Waals surface area (Å²) < 4.78 is 4.87. The Morgan fingerprint density at radius 3 is 2.80 bits per heavy atom. The molecule has 15 heavy (non-hydrogen) atoms. The maximum atomic E-state index is 11.0. The molecule has 0 N–H and O–H groups in total. The Bertz CT molecular complexity index is 359. The van der Waals surface area contributed by atoms with E-state index in [2.05, 4.69) is 4.98 Å². The number of esters is 1. The molecule has 0 saturated carbocycles. The molecule has 0 aliphatic rings. The van der Waals surface area contributed by atoms with Crippen molar-refractivity contribution in [3.05, 3.63) is 16.1 Å². The largest absolute Gasteiger partial charge is 0.465 e. The van der Waals surface area contributed by atoms with E-state index in [4.69, 9.17) is 4.74 Å². The van der Waals surface area contributed by atoms with Gasteiger partial charge in [-0.25, -0.2) is 4.98 Å². The third-order valence-electron chi connectivity index (χ3n) is 1.68. The van der Waals surface area contributed by atoms with Crippen molar-refractivity contribution in [1.82, 2.24) is 4.98 Å². The third-order valence-corrected chi connectivity index (χ3v) is 2.50. The van der Waals surface area contributed by atoms with E-state index in [1.807, 2.05) is 12.3 Å². The molecule has 0 saturated heterocycles. The highest BCUT2D eigenvalue weighted by Gasteiger charge is 2.06. The molecule has 0 amide bonds. The first-order chi connectivity index (χ1) is 7.08. The number of hydrogen-bond donors (Lipinski definition) is 0. The number of aryl methyl sites for hydroxylation is 1. The van der Waals surface area contributed by atoms with Crippen LogP contribution in [0, 0.1) is 6.92 Å². The van der Waals surface area contributed by atoms with Crippen molar-refractivity contribution in [1.29, 1.82) is 0 Å². The number of hydrogen-bond acceptors (Lipinski definition) is 5. The molecule has 0 radical (unpaired) electrons. The van der Waals surface area contributed by atoms with Crippen LogP contribution in [0.2, 0.25) is 0 Å². The van der Waals surface area contributed by atoms with Gasteiger partial charge < -0.3 is 4.74 Å². The van der Waals surface area contributed by atoms with Gasteiger partial charge >= 0.3 is 5.97 Å². The van der Waals surface area contributed by atoms with Gasteiger partial charge in [0.05, 0.1) is 17.3 Å². The SMILES string of the molecule is CC(=O)CC(=O)OCCc1csc(C)n1. The number of carbonyl (C=O) groups excluding carboxylic acids is 2. The summed E-state index contributed by atoms with van der Waals surface area (Å²) in [6, 6.07) is 0. The quantitative estimate of drug-likeness (QED) is 0.565. The van der Waals surface area contributed by atoms with Crippen molar-refractivity contribution in [2.24, 2.45) is 0 Å². The first kappa shape index (κ1) is 11.8. The Kier molecular flexibility index (Phi) is 4.42. The molecule has 0 aliphatic carbocycles. The van der Waals surface area contributed by atoms with E-state index in [1.165, 1.54) is 6.92 Å². The van der Waals surface area contributed by atoms with Crippen LogP contribution in [0.5, 0.6) is 0 Å². The van der Waals surface area contributed by atoms with Gasteiger partial charge in [0.1, 0.15) is 12.2 Å². The highest BCUT2D eigenvalue weighted by molar-refractivity contribution is 7.09. The molecule has 1 aromatic rings. The van der Waals surface area contributed by atoms with Crippen molar-refractivity contribution in [2.45, 2.75) is 26.7 Å². The average Bonchev–Trinajstić information content (AvgIpc) is 2.50. The summed E-state index contributed by atoms with van der Waals surface area (Å²) in [7, 11) is 0. The van der Waals surface area contributed by atoms with Gasteiger partial charge in [0, 0.05) is 11.8 Å². The van der Waals surface area contributed by atoms with Gasteiger partial charge in [-0.2, -0.15) is 0 Å². The second kappa shape index (κ2) is 5.60. The minimum atomic E-state index is -0.463. The second-order valence-corrected chi connectivity index (χ2v) is 4.27. The third kappa shape index (κ3) is 4.69. The number of nitrogens with zero attached hydrogens (tertiary/aromatic N) is 1. The predicted octanol–water partition coefficient (Wildman–Crippen LogP) is 1.52. The van der Waals surface area contributed by atoms with Crippen LogP contribution in [0.1, 0.15) is 24.0 Å². The Balaban J connectivity index is 2.22. The fourth-order valence-electron chi connectivity index (χ4n) is 1.05. The lowest BCUT2D eigenvalue weighted by Gasteiger charge is -2.01. The summed E-state index contributed by atoms with van der Waals surface area (Å²) in [4.78, 5) is 25.8. The highest BCUT2D eigenvalue weighted by Crippen LogP contribution is 2.08. The number of thiazole rings is 1. The molecule has 5 heteroatoms. The van der Waals surface area contributed by atoms with Gasteiger partial charge in [0.15, 0.2) is 0 Å². The molecular formula is C10H13NO3S. The molecule has 1 rings (SSSR count). The van der Waals surface area contributed by atoms with Crippen LogP contribution in [-0.4, -0.2) is 23.3 Å². The Morgan fingerprint density at radius 2 is 2.27 bits per heavy atom. The fraction of sp³-hybridized carbons (Fsp3) is 0.500. The van der Waals surface area contributed by atoms with Crippen LogP contribution in [0.15, 0.2) is 5.38 Å². The standard InChI is InChI=1S/C10H13NO3S/c1-7(12)5-10(13)14-4-3-9-6-15-8(2)11-9/h6H,3-5H2,1-2H3. The zero-order valence-corrected chi connectivity index (χ0v) is 9.60. The van der Waals surface area contributed by atoms with Gasteiger partial charge in [-0.1, -0.05) is 0 Å². The summed E-state index contributed by atoms with van der Waals surface area (Å²) in [6.07, 6.45) is 0.462. The van der Waals surface area contributed by atoms with Crippen molar-refractivity contribution >= 4 is 23.1 Å². The summed E-state index contributed by atoms with van der Waals surface area (Å²) in [5.41, 5.74) is 0.924. The van der Waals surface area contributed by atoms with Crippen LogP contribution >= 0.6 is 11.3 Å². The average molecular weight is 227 g/mol. The molecule has 0 fully saturated rings. The van der Waals surface area contributed by atoms with E-state index >= 15 is 0 Å². The maximum Gasteiger partial charge on any atom is 0.313 e. The van der Waals surface area contributed by atoms with E-state index in [0.29, 0.717) is 6.42 Å². The first-order valence-electron chi connectivity index (χ1n) is 4.64. The Labute approximate surface area is 92.3 Å². The van der Waals surface area contributed by atoms with E-state index in [1.54, 1.807) is 11.3 Å². The number of ether oxygens (including phenoxy) is 1. The van der Waals surface area contributed by atoms with Crippen molar-refractivity contribution < 1.29 is 14.3 Å². The molecule has 1 aromatic heterocycles. The molecule has 1 heterocycles. The van der Waals surface area contributed by atoms with Crippen LogP contribution in [0.3, 0.4) is 0 Å². The number of ketones is 1. The summed E-state index contributed by atoms with van der Waals surface area (Å²) in [5, 5.41) is 2.94. The van der Waals surface area contributed by atoms with Crippen LogP contribution in [-0.2, 0) is 20.7 Å². The summed E-state index contributed by atoms with van der Waals surface area (Å²) in [5.74, 6) is -0.640. The second-order valence-electron chi connectivity index (χ2n) is 3.21. The van der Waals surface area contributed by atoms with E-state index in [9.17, 15) is 9.59 Å². The normalized spacial score (nSPS) is 10.0. The first-order valence-corrected chi connectivity index (χ1v) is 5.52. The maximum absolute atomic E-state index is 11.0. The molecule has 0 spiro atoms. The molecular weight excluding hydrogens is 214 g/mol. The van der Waals surface area contributed by atoms with Gasteiger partial charge in [-0.15, -0.1) is 11.3 Å². The molecule has 0 aromatic carbocycles. The van der Waals surface area contributed by atoms with Crippen molar-refractivity contribution in [3.63, 3.8) is 0 Å². The number of rotatable bonds is 5. The lowest BCUT2D eigenvalue weighted by molar-refractivity contribution is -0.145. The van der Waals surface area contributed by atoms with E-state index < -0.39 is 5.97 Å². The number of aromatic nitrogens is 1. The van der Waals surface area contributed by atoms with Crippen LogP contribution in [0.25, 0.3) is 0 Å². The monoisotopic (exact) mass is 227 g/mol. The Morgan fingerprint density at radius 1 is 1.53 bits per heavy atom. The van der Waals surface area contributed by atoms with Crippen molar-refractivity contribution in [2.75, 3.05) is 6.61 Å². The van der Waals surface area contributed by atoms with Gasteiger partial charge in [0.25, 0.3) is 0 Å². The minimum Gasteiger partial charge on any atom is -0.465 e. The predicted molar refractivity (Wildman–Crippen MR) is 56.8 cm³/mol. The highest BCUT2D eigenvalue weighted by atomic mass is 32.1. The summed E-state index contributed by atoms with van der Waals surface area (Å²) in [6.45, 7) is 3.58. The summed E-state index contributed by atoms with van der Waals surface area (Å²) >= 11 is 1.57. The molecule has 0 aliphatic heterocycles. The van der Waals surface area contributed by atoms with Crippen molar-refractivity contribution in [3.8, 4) is 0 Å². The van der Waals surface area contributed by atoms with Crippen LogP contribution < -0.4 is 0 Å². The topological polar surface area (TPSA) is 56.3 Å². The minimum absolute atomic E-state index is 0.143.